The van der Waals surface area contributed by atoms with Crippen molar-refractivity contribution >= 4 is 17.8 Å². The lowest BCUT2D eigenvalue weighted by atomic mass is 9.97. The molecule has 0 radical (unpaired) electrons. The third-order valence-electron chi connectivity index (χ3n) is 3.82. The van der Waals surface area contributed by atoms with Gasteiger partial charge in [0.1, 0.15) is 5.82 Å². The molecule has 0 aromatic carbocycles. The molecule has 7 nitrogen and oxygen atoms in total. The number of carbonyl (C=O) groups is 2. The molecule has 2 rings (SSSR count). The van der Waals surface area contributed by atoms with Crippen molar-refractivity contribution in [2.45, 2.75) is 19.8 Å². The molecule has 1 fully saturated rings. The van der Waals surface area contributed by atoms with Crippen LogP contribution in [0, 0.1) is 12.8 Å². The number of aryl methyl sites for hydroxylation is 1. The summed E-state index contributed by atoms with van der Waals surface area (Å²) in [5.41, 5.74) is 1.04. The number of hydrogen-bond donors (Lipinski definition) is 2. The first-order valence-electron chi connectivity index (χ1n) is 7.85. The van der Waals surface area contributed by atoms with Crippen molar-refractivity contribution in [1.29, 1.82) is 0 Å². The average molecular weight is 320 g/mol. The molecule has 7 heteroatoms. The Kier molecular flexibility index (Phi) is 6.34. The third kappa shape index (κ3) is 5.21. The Morgan fingerprint density at radius 2 is 2.26 bits per heavy atom. The normalized spacial score (nSPS) is 17.7. The van der Waals surface area contributed by atoms with Crippen LogP contribution in [-0.2, 0) is 9.53 Å². The summed E-state index contributed by atoms with van der Waals surface area (Å²) in [6.07, 6.45) is 3.31. The van der Waals surface area contributed by atoms with Crippen LogP contribution in [0.2, 0.25) is 0 Å². The Hall–Kier alpha value is -2.15. The zero-order valence-electron chi connectivity index (χ0n) is 13.7. The predicted octanol–water partition coefficient (Wildman–Crippen LogP) is 1.40. The number of likely N-dealkylation sites (tertiary alicyclic amines) is 1. The number of aromatic nitrogens is 1. The molecule has 126 valence electrons. The molecule has 1 aromatic rings. The van der Waals surface area contributed by atoms with Crippen LogP contribution in [0.15, 0.2) is 18.3 Å². The van der Waals surface area contributed by atoms with Gasteiger partial charge in [-0.1, -0.05) is 6.07 Å². The largest absolute Gasteiger partial charge is 0.383 e. The molecule has 2 heterocycles. The van der Waals surface area contributed by atoms with Crippen LogP contribution in [0.25, 0.3) is 0 Å². The van der Waals surface area contributed by atoms with Gasteiger partial charge in [-0.15, -0.1) is 0 Å². The summed E-state index contributed by atoms with van der Waals surface area (Å²) >= 11 is 0. The van der Waals surface area contributed by atoms with Crippen molar-refractivity contribution in [3.05, 3.63) is 23.9 Å². The molecule has 2 N–H and O–H groups in total. The van der Waals surface area contributed by atoms with E-state index in [-0.39, 0.29) is 17.9 Å². The first-order chi connectivity index (χ1) is 11.1. The minimum absolute atomic E-state index is 0.0873. The number of rotatable bonds is 5. The highest BCUT2D eigenvalue weighted by Crippen LogP contribution is 2.18. The van der Waals surface area contributed by atoms with E-state index in [0.29, 0.717) is 32.1 Å². The number of hydrogen-bond acceptors (Lipinski definition) is 4. The molecular formula is C16H24N4O3. The summed E-state index contributed by atoms with van der Waals surface area (Å²) < 4.78 is 4.91. The SMILES string of the molecule is COCCNC(=O)N1CCC[C@H](C(=O)Nc2ccc(C)cn2)C1. The highest BCUT2D eigenvalue weighted by Gasteiger charge is 2.28. The van der Waals surface area contributed by atoms with E-state index in [1.165, 1.54) is 0 Å². The third-order valence-corrected chi connectivity index (χ3v) is 3.82. The van der Waals surface area contributed by atoms with Gasteiger partial charge in [0.2, 0.25) is 5.91 Å². The van der Waals surface area contributed by atoms with Gasteiger partial charge in [-0.25, -0.2) is 9.78 Å². The summed E-state index contributed by atoms with van der Waals surface area (Å²) in [6, 6.07) is 3.54. The van der Waals surface area contributed by atoms with E-state index in [1.807, 2.05) is 13.0 Å². The maximum absolute atomic E-state index is 12.4. The zero-order valence-corrected chi connectivity index (χ0v) is 13.7. The van der Waals surface area contributed by atoms with Gasteiger partial charge < -0.3 is 20.3 Å². The van der Waals surface area contributed by atoms with E-state index in [1.54, 1.807) is 24.3 Å². The van der Waals surface area contributed by atoms with Gasteiger partial charge in [0.25, 0.3) is 0 Å². The zero-order chi connectivity index (χ0) is 16.7. The van der Waals surface area contributed by atoms with Gasteiger partial charge in [-0.3, -0.25) is 4.79 Å². The molecule has 0 spiro atoms. The number of piperidine rings is 1. The Morgan fingerprint density at radius 3 is 2.96 bits per heavy atom. The van der Waals surface area contributed by atoms with Crippen LogP contribution in [0.4, 0.5) is 10.6 Å². The molecule has 0 saturated carbocycles. The van der Waals surface area contributed by atoms with Crippen LogP contribution >= 0.6 is 0 Å². The molecule has 0 aliphatic carbocycles. The summed E-state index contributed by atoms with van der Waals surface area (Å²) in [5, 5.41) is 5.61. The first kappa shape index (κ1) is 17.2. The van der Waals surface area contributed by atoms with Crippen molar-refractivity contribution in [2.75, 3.05) is 38.7 Å². The average Bonchev–Trinajstić information content (AvgIpc) is 2.57. The molecule has 1 atom stereocenters. The maximum Gasteiger partial charge on any atom is 0.317 e. The second-order valence-corrected chi connectivity index (χ2v) is 5.72. The number of methoxy groups -OCH3 is 1. The van der Waals surface area contributed by atoms with Crippen LogP contribution in [-0.4, -0.2) is 55.2 Å². The van der Waals surface area contributed by atoms with Gasteiger partial charge in [0.05, 0.1) is 12.5 Å². The number of amides is 3. The number of urea groups is 1. The van der Waals surface area contributed by atoms with Crippen molar-refractivity contribution in [3.8, 4) is 0 Å². The number of pyridine rings is 1. The van der Waals surface area contributed by atoms with Gasteiger partial charge >= 0.3 is 6.03 Å². The van der Waals surface area contributed by atoms with E-state index < -0.39 is 0 Å². The Morgan fingerprint density at radius 1 is 1.43 bits per heavy atom. The standard InChI is InChI=1S/C16H24N4O3/c1-12-5-6-14(18-10-12)19-15(21)13-4-3-8-20(11-13)16(22)17-7-9-23-2/h5-6,10,13H,3-4,7-9,11H2,1-2H3,(H,17,22)(H,18,19,21)/t13-/m0/s1. The van der Waals surface area contributed by atoms with Gasteiger partial charge in [0, 0.05) is 32.9 Å². The fraction of sp³-hybridized carbons (Fsp3) is 0.562. The fourth-order valence-electron chi connectivity index (χ4n) is 2.52. The summed E-state index contributed by atoms with van der Waals surface area (Å²) in [7, 11) is 1.59. The summed E-state index contributed by atoms with van der Waals surface area (Å²) in [6.45, 7) is 3.99. The summed E-state index contributed by atoms with van der Waals surface area (Å²) in [5.74, 6) is 0.248. The van der Waals surface area contributed by atoms with E-state index in [4.69, 9.17) is 4.74 Å². The smallest absolute Gasteiger partial charge is 0.317 e. The monoisotopic (exact) mass is 320 g/mol. The summed E-state index contributed by atoms with van der Waals surface area (Å²) in [4.78, 5) is 30.3. The maximum atomic E-state index is 12.4. The van der Waals surface area contributed by atoms with Crippen LogP contribution in [0.3, 0.4) is 0 Å². The number of anilines is 1. The minimum Gasteiger partial charge on any atom is -0.383 e. The Bertz CT molecular complexity index is 533. The lowest BCUT2D eigenvalue weighted by molar-refractivity contribution is -0.121. The Labute approximate surface area is 136 Å². The van der Waals surface area contributed by atoms with Gasteiger partial charge in [-0.05, 0) is 31.4 Å². The lowest BCUT2D eigenvalue weighted by Crippen LogP contribution is -2.48. The van der Waals surface area contributed by atoms with Crippen molar-refractivity contribution in [3.63, 3.8) is 0 Å². The molecule has 1 aromatic heterocycles. The molecule has 0 unspecified atom stereocenters. The van der Waals surface area contributed by atoms with E-state index >= 15 is 0 Å². The van der Waals surface area contributed by atoms with Crippen LogP contribution in [0.5, 0.6) is 0 Å². The van der Waals surface area contributed by atoms with E-state index in [9.17, 15) is 9.59 Å². The second kappa shape index (κ2) is 8.47. The number of ether oxygens (including phenoxy) is 1. The second-order valence-electron chi connectivity index (χ2n) is 5.72. The fourth-order valence-corrected chi connectivity index (χ4v) is 2.52. The topological polar surface area (TPSA) is 83.6 Å². The van der Waals surface area contributed by atoms with Gasteiger partial charge in [-0.2, -0.15) is 0 Å². The Balaban J connectivity index is 1.85. The van der Waals surface area contributed by atoms with Crippen molar-refractivity contribution < 1.29 is 14.3 Å². The van der Waals surface area contributed by atoms with Crippen LogP contribution < -0.4 is 10.6 Å². The molecule has 1 saturated heterocycles. The highest BCUT2D eigenvalue weighted by molar-refractivity contribution is 5.92. The van der Waals surface area contributed by atoms with E-state index in [2.05, 4.69) is 15.6 Å². The van der Waals surface area contributed by atoms with Gasteiger partial charge in [0.15, 0.2) is 0 Å². The quantitative estimate of drug-likeness (QED) is 0.803. The van der Waals surface area contributed by atoms with Crippen molar-refractivity contribution in [1.82, 2.24) is 15.2 Å². The first-order valence-corrected chi connectivity index (χ1v) is 7.85. The number of carbonyl (C=O) groups excluding carboxylic acids is 2. The van der Waals surface area contributed by atoms with E-state index in [0.717, 1.165) is 18.4 Å². The number of nitrogens with zero attached hydrogens (tertiary/aromatic N) is 2. The van der Waals surface area contributed by atoms with Crippen molar-refractivity contribution in [2.24, 2.45) is 5.92 Å². The predicted molar refractivity (Wildman–Crippen MR) is 87.2 cm³/mol. The molecule has 0 bridgehead atoms. The lowest BCUT2D eigenvalue weighted by Gasteiger charge is -2.32. The molecule has 1 aliphatic heterocycles. The minimum atomic E-state index is -0.208. The molecular weight excluding hydrogens is 296 g/mol. The molecule has 1 aliphatic rings. The highest BCUT2D eigenvalue weighted by atomic mass is 16.5. The van der Waals surface area contributed by atoms with Crippen LogP contribution in [0.1, 0.15) is 18.4 Å². The number of nitrogens with one attached hydrogen (secondary N) is 2. The molecule has 3 amide bonds. The molecule has 23 heavy (non-hydrogen) atoms.